The van der Waals surface area contributed by atoms with Gasteiger partial charge in [0, 0.05) is 36.4 Å². The number of fused-ring (bicyclic) bond motifs is 1. The Morgan fingerprint density at radius 2 is 2.00 bits per heavy atom. The van der Waals surface area contributed by atoms with Gasteiger partial charge < -0.3 is 10.6 Å². The Balaban J connectivity index is 1.29. The molecule has 1 fully saturated rings. The molecule has 4 rings (SSSR count). The molecule has 0 radical (unpaired) electrons. The van der Waals surface area contributed by atoms with Gasteiger partial charge in [-0.1, -0.05) is 18.2 Å². The van der Waals surface area contributed by atoms with Crippen LogP contribution >= 0.6 is 11.3 Å². The van der Waals surface area contributed by atoms with Crippen molar-refractivity contribution in [3.63, 3.8) is 0 Å². The van der Waals surface area contributed by atoms with Crippen LogP contribution in [0.4, 0.5) is 10.8 Å². The average molecular weight is 328 g/mol. The molecule has 0 aliphatic carbocycles. The number of thiazole rings is 1. The van der Waals surface area contributed by atoms with Crippen molar-refractivity contribution in [2.75, 3.05) is 36.8 Å². The number of nitrogens with two attached hydrogens (primary N) is 1. The molecule has 0 unspecified atom stereocenters. The Morgan fingerprint density at radius 3 is 2.78 bits per heavy atom. The summed E-state index contributed by atoms with van der Waals surface area (Å²) in [5, 5.41) is 0.683. The second-order valence-corrected chi connectivity index (χ2v) is 7.86. The first-order chi connectivity index (χ1) is 11.3. The lowest BCUT2D eigenvalue weighted by Crippen LogP contribution is -2.38. The van der Waals surface area contributed by atoms with Gasteiger partial charge in [0.05, 0.1) is 0 Å². The molecule has 1 saturated heterocycles. The Bertz CT molecular complexity index is 661. The third kappa shape index (κ3) is 3.35. The number of rotatable bonds is 4. The van der Waals surface area contributed by atoms with Crippen LogP contribution < -0.4 is 10.6 Å². The van der Waals surface area contributed by atoms with Crippen molar-refractivity contribution in [1.82, 2.24) is 9.88 Å². The number of anilines is 2. The summed E-state index contributed by atoms with van der Waals surface area (Å²) in [5.41, 5.74) is 8.71. The van der Waals surface area contributed by atoms with Gasteiger partial charge in [0.15, 0.2) is 5.13 Å². The summed E-state index contributed by atoms with van der Waals surface area (Å²) < 4.78 is 0. The number of likely N-dealkylation sites (tertiary alicyclic amines) is 1. The van der Waals surface area contributed by atoms with E-state index in [4.69, 9.17) is 5.73 Å². The van der Waals surface area contributed by atoms with Crippen LogP contribution in [0, 0.1) is 5.92 Å². The van der Waals surface area contributed by atoms with Gasteiger partial charge in [-0.25, -0.2) is 4.98 Å². The minimum atomic E-state index is 0.683. The summed E-state index contributed by atoms with van der Waals surface area (Å²) in [6.45, 7) is 5.81. The number of benzene rings is 1. The van der Waals surface area contributed by atoms with Gasteiger partial charge in [0.25, 0.3) is 0 Å². The van der Waals surface area contributed by atoms with Gasteiger partial charge in [-0.05, 0) is 49.9 Å². The molecule has 2 aliphatic rings. The van der Waals surface area contributed by atoms with Crippen molar-refractivity contribution in [2.45, 2.75) is 25.8 Å². The zero-order valence-electron chi connectivity index (χ0n) is 13.4. The summed E-state index contributed by atoms with van der Waals surface area (Å²) >= 11 is 1.62. The minimum absolute atomic E-state index is 0.683. The molecule has 0 amide bonds. The number of hydrogen-bond donors (Lipinski definition) is 1. The minimum Gasteiger partial charge on any atom is -0.375 e. The fraction of sp³-hybridized carbons (Fsp3) is 0.500. The van der Waals surface area contributed by atoms with Crippen molar-refractivity contribution in [1.29, 1.82) is 0 Å². The van der Waals surface area contributed by atoms with E-state index in [0.717, 1.165) is 12.5 Å². The van der Waals surface area contributed by atoms with Gasteiger partial charge in [-0.3, -0.25) is 4.90 Å². The highest BCUT2D eigenvalue weighted by Crippen LogP contribution is 2.30. The Morgan fingerprint density at radius 1 is 1.17 bits per heavy atom. The first-order valence-corrected chi connectivity index (χ1v) is 9.35. The fourth-order valence-electron chi connectivity index (χ4n) is 3.85. The Labute approximate surface area is 141 Å². The maximum absolute atomic E-state index is 5.72. The summed E-state index contributed by atoms with van der Waals surface area (Å²) in [7, 11) is 0. The molecule has 0 atom stereocenters. The van der Waals surface area contributed by atoms with Crippen molar-refractivity contribution in [3.05, 3.63) is 40.9 Å². The maximum atomic E-state index is 5.72. The summed E-state index contributed by atoms with van der Waals surface area (Å²) in [6, 6.07) is 8.89. The van der Waals surface area contributed by atoms with E-state index in [0.29, 0.717) is 5.13 Å². The van der Waals surface area contributed by atoms with Gasteiger partial charge in [-0.2, -0.15) is 0 Å². The molecule has 2 aliphatic heterocycles. The first-order valence-electron chi connectivity index (χ1n) is 8.53. The summed E-state index contributed by atoms with van der Waals surface area (Å²) in [6.07, 6.45) is 5.73. The second-order valence-electron chi connectivity index (χ2n) is 6.71. The molecular formula is C18H24N4S. The van der Waals surface area contributed by atoms with Crippen molar-refractivity contribution in [3.8, 4) is 0 Å². The third-order valence-electron chi connectivity index (χ3n) is 5.12. The van der Waals surface area contributed by atoms with E-state index in [1.54, 1.807) is 11.3 Å². The van der Waals surface area contributed by atoms with Crippen LogP contribution in [0.2, 0.25) is 0 Å². The molecule has 3 heterocycles. The van der Waals surface area contributed by atoms with E-state index >= 15 is 0 Å². The molecule has 2 N–H and O–H groups in total. The zero-order valence-corrected chi connectivity index (χ0v) is 14.3. The molecule has 1 aromatic carbocycles. The number of nitrogens with zero attached hydrogens (tertiary/aromatic N) is 3. The molecule has 122 valence electrons. The average Bonchev–Trinajstić information content (AvgIpc) is 3.16. The molecule has 1 aromatic heterocycles. The van der Waals surface area contributed by atoms with Crippen molar-refractivity contribution < 1.29 is 0 Å². The van der Waals surface area contributed by atoms with Gasteiger partial charge in [0.2, 0.25) is 0 Å². The second kappa shape index (κ2) is 6.49. The zero-order chi connectivity index (χ0) is 15.6. The van der Waals surface area contributed by atoms with Gasteiger partial charge in [-0.15, -0.1) is 11.3 Å². The van der Waals surface area contributed by atoms with E-state index in [9.17, 15) is 0 Å². The Kier molecular flexibility index (Phi) is 4.23. The predicted molar refractivity (Wildman–Crippen MR) is 96.9 cm³/mol. The number of piperidine rings is 1. The van der Waals surface area contributed by atoms with Crippen molar-refractivity contribution >= 4 is 22.2 Å². The predicted octanol–water partition coefficient (Wildman–Crippen LogP) is 3.00. The lowest BCUT2D eigenvalue weighted by molar-refractivity contribution is 0.180. The summed E-state index contributed by atoms with van der Waals surface area (Å²) in [4.78, 5) is 10.6. The van der Waals surface area contributed by atoms with E-state index < -0.39 is 0 Å². The van der Waals surface area contributed by atoms with E-state index in [1.807, 2.05) is 6.20 Å². The first kappa shape index (κ1) is 15.0. The fourth-order valence-corrected chi connectivity index (χ4v) is 4.58. The quantitative estimate of drug-likeness (QED) is 0.937. The van der Waals surface area contributed by atoms with Crippen LogP contribution in [0.5, 0.6) is 0 Å². The molecule has 0 saturated carbocycles. The molecular weight excluding hydrogens is 304 g/mol. The number of aromatic nitrogens is 1. The molecule has 23 heavy (non-hydrogen) atoms. The largest absolute Gasteiger partial charge is 0.375 e. The summed E-state index contributed by atoms with van der Waals surface area (Å²) in [5.74, 6) is 0.823. The van der Waals surface area contributed by atoms with E-state index in [1.165, 1.54) is 61.6 Å². The molecule has 0 spiro atoms. The van der Waals surface area contributed by atoms with Crippen LogP contribution in [0.1, 0.15) is 23.3 Å². The van der Waals surface area contributed by atoms with Crippen LogP contribution in [0.15, 0.2) is 30.5 Å². The van der Waals surface area contributed by atoms with Gasteiger partial charge >= 0.3 is 0 Å². The molecule has 5 heteroatoms. The normalized spacial score (nSPS) is 19.2. The highest BCUT2D eigenvalue weighted by Gasteiger charge is 2.25. The van der Waals surface area contributed by atoms with E-state index in [-0.39, 0.29) is 0 Å². The van der Waals surface area contributed by atoms with Crippen molar-refractivity contribution in [2.24, 2.45) is 5.92 Å². The number of hydrogen-bond acceptors (Lipinski definition) is 5. The lowest BCUT2D eigenvalue weighted by atomic mass is 9.96. The Hall–Kier alpha value is -1.59. The van der Waals surface area contributed by atoms with Gasteiger partial charge in [0.1, 0.15) is 0 Å². The third-order valence-corrected chi connectivity index (χ3v) is 5.93. The maximum Gasteiger partial charge on any atom is 0.180 e. The van der Waals surface area contributed by atoms with E-state index in [2.05, 4.69) is 39.0 Å². The standard InChI is InChI=1S/C18H24N4S/c19-18-20-11-16(23-18)13-21-8-5-14(6-9-21)12-22-10-7-15-3-1-2-4-17(15)22/h1-4,11,14H,5-10,12-13H2,(H2,19,20). The van der Waals surface area contributed by atoms with Crippen LogP contribution in [0.3, 0.4) is 0 Å². The van der Waals surface area contributed by atoms with Crippen LogP contribution in [-0.4, -0.2) is 36.1 Å². The molecule has 0 bridgehead atoms. The number of nitrogen functional groups attached to an aromatic ring is 1. The molecule has 4 nitrogen and oxygen atoms in total. The monoisotopic (exact) mass is 328 g/mol. The number of para-hydroxylation sites is 1. The SMILES string of the molecule is Nc1ncc(CN2CCC(CN3CCc4ccccc43)CC2)s1. The highest BCUT2D eigenvalue weighted by molar-refractivity contribution is 7.15. The lowest BCUT2D eigenvalue weighted by Gasteiger charge is -2.34. The highest BCUT2D eigenvalue weighted by atomic mass is 32.1. The van der Waals surface area contributed by atoms with Crippen LogP contribution in [0.25, 0.3) is 0 Å². The smallest absolute Gasteiger partial charge is 0.180 e. The van der Waals surface area contributed by atoms with Crippen LogP contribution in [-0.2, 0) is 13.0 Å². The topological polar surface area (TPSA) is 45.4 Å². The molecule has 2 aromatic rings.